The molecule has 2 aliphatic rings. The van der Waals surface area contributed by atoms with Crippen molar-refractivity contribution in [3.63, 3.8) is 0 Å². The average molecular weight is 449 g/mol. The zero-order valence-electron chi connectivity index (χ0n) is 17.0. The Kier molecular flexibility index (Phi) is 7.29. The lowest BCUT2D eigenvalue weighted by molar-refractivity contribution is -0.149. The fourth-order valence-corrected chi connectivity index (χ4v) is 3.57. The highest BCUT2D eigenvalue weighted by Gasteiger charge is 2.47. The Morgan fingerprint density at radius 1 is 1.19 bits per heavy atom. The molecule has 1 atom stereocenters. The Bertz CT molecular complexity index is 920. The smallest absolute Gasteiger partial charge is 0.266 e. The number of nitrogens with one attached hydrogen (secondary N) is 1. The van der Waals surface area contributed by atoms with Gasteiger partial charge >= 0.3 is 0 Å². The van der Waals surface area contributed by atoms with E-state index in [4.69, 9.17) is 9.47 Å². The number of rotatable bonds is 9. The molecule has 0 aliphatic carbocycles. The summed E-state index contributed by atoms with van der Waals surface area (Å²) < 4.78 is 10.7. The van der Waals surface area contributed by atoms with E-state index >= 15 is 0 Å². The SMILES string of the molecule is CN1C(=O)CCC(N2C(=O)c3cccc(OCC(=O)NCCOCCS)c3C2=O)C1=O. The fraction of sp³-hybridized carbons (Fsp3) is 0.450. The van der Waals surface area contributed by atoms with E-state index in [1.54, 1.807) is 0 Å². The second-order valence-corrected chi connectivity index (χ2v) is 7.43. The van der Waals surface area contributed by atoms with E-state index < -0.39 is 29.7 Å². The molecular formula is C20H23N3O7S. The molecule has 0 bridgehead atoms. The first kappa shape index (κ1) is 22.8. The number of fused-ring (bicyclic) bond motifs is 1. The number of carbonyl (C=O) groups is 5. The maximum absolute atomic E-state index is 13.0. The predicted octanol–water partition coefficient (Wildman–Crippen LogP) is -0.129. The van der Waals surface area contributed by atoms with Gasteiger partial charge in [-0.05, 0) is 18.6 Å². The fourth-order valence-electron chi connectivity index (χ4n) is 3.44. The van der Waals surface area contributed by atoms with Crippen LogP contribution < -0.4 is 10.1 Å². The summed E-state index contributed by atoms with van der Waals surface area (Å²) >= 11 is 4.01. The van der Waals surface area contributed by atoms with Crippen LogP contribution in [0.25, 0.3) is 0 Å². The number of hydrogen-bond acceptors (Lipinski definition) is 8. The van der Waals surface area contributed by atoms with Gasteiger partial charge in [0, 0.05) is 25.8 Å². The topological polar surface area (TPSA) is 122 Å². The van der Waals surface area contributed by atoms with Gasteiger partial charge in [-0.25, -0.2) is 0 Å². The van der Waals surface area contributed by atoms with E-state index in [9.17, 15) is 24.0 Å². The Labute approximate surface area is 184 Å². The predicted molar refractivity (Wildman–Crippen MR) is 111 cm³/mol. The van der Waals surface area contributed by atoms with Crippen LogP contribution in [0.2, 0.25) is 0 Å². The average Bonchev–Trinajstić information content (AvgIpc) is 3.01. The third-order valence-electron chi connectivity index (χ3n) is 5.00. The second-order valence-electron chi connectivity index (χ2n) is 6.98. The largest absolute Gasteiger partial charge is 0.483 e. The van der Waals surface area contributed by atoms with Crippen molar-refractivity contribution in [2.24, 2.45) is 0 Å². The van der Waals surface area contributed by atoms with Crippen LogP contribution in [0.5, 0.6) is 5.75 Å². The Balaban J connectivity index is 1.68. The van der Waals surface area contributed by atoms with Crippen LogP contribution in [0.4, 0.5) is 0 Å². The highest BCUT2D eigenvalue weighted by molar-refractivity contribution is 7.80. The number of amides is 5. The van der Waals surface area contributed by atoms with Crippen LogP contribution >= 0.6 is 12.6 Å². The van der Waals surface area contributed by atoms with Crippen LogP contribution in [-0.4, -0.2) is 84.5 Å². The standard InChI is InChI=1S/C20H23N3O7S/c1-22-16(25)6-5-13(19(22)27)23-18(26)12-3-2-4-14(17(12)20(23)28)30-11-15(24)21-7-8-29-9-10-31/h2-4,13,31H,5-11H2,1H3,(H,21,24). The molecule has 31 heavy (non-hydrogen) atoms. The molecule has 0 aromatic heterocycles. The summed E-state index contributed by atoms with van der Waals surface area (Å²) in [6.45, 7) is 0.751. The van der Waals surface area contributed by atoms with Crippen molar-refractivity contribution in [1.82, 2.24) is 15.1 Å². The number of carbonyl (C=O) groups excluding carboxylic acids is 5. The van der Waals surface area contributed by atoms with Crippen LogP contribution in [0.1, 0.15) is 33.6 Å². The number of hydrogen-bond donors (Lipinski definition) is 2. The van der Waals surface area contributed by atoms with Crippen molar-refractivity contribution in [3.8, 4) is 5.75 Å². The number of likely N-dealkylation sites (N-methyl/N-ethyl adjacent to an activating group) is 1. The first-order valence-corrected chi connectivity index (χ1v) is 10.4. The summed E-state index contributed by atoms with van der Waals surface area (Å²) in [6.07, 6.45) is 0.128. The highest BCUT2D eigenvalue weighted by atomic mass is 32.1. The second kappa shape index (κ2) is 9.92. The molecule has 1 aromatic carbocycles. The number of benzene rings is 1. The first-order chi connectivity index (χ1) is 14.9. The maximum atomic E-state index is 13.0. The van der Waals surface area contributed by atoms with Crippen molar-refractivity contribution in [2.45, 2.75) is 18.9 Å². The lowest BCUT2D eigenvalue weighted by Crippen LogP contribution is -2.54. The molecule has 166 valence electrons. The molecule has 1 N–H and O–H groups in total. The van der Waals surface area contributed by atoms with E-state index in [1.165, 1.54) is 25.2 Å². The van der Waals surface area contributed by atoms with E-state index in [0.29, 0.717) is 25.5 Å². The molecule has 1 fully saturated rings. The van der Waals surface area contributed by atoms with Gasteiger partial charge in [0.15, 0.2) is 6.61 Å². The van der Waals surface area contributed by atoms with Gasteiger partial charge in [-0.15, -0.1) is 0 Å². The van der Waals surface area contributed by atoms with Crippen molar-refractivity contribution < 1.29 is 33.4 Å². The molecule has 10 nitrogen and oxygen atoms in total. The normalized spacial score (nSPS) is 18.5. The van der Waals surface area contributed by atoms with Gasteiger partial charge in [0.05, 0.1) is 24.3 Å². The molecular weight excluding hydrogens is 426 g/mol. The minimum atomic E-state index is -1.05. The Morgan fingerprint density at radius 2 is 1.97 bits per heavy atom. The van der Waals surface area contributed by atoms with Crippen molar-refractivity contribution in [2.75, 3.05) is 39.2 Å². The van der Waals surface area contributed by atoms with Crippen LogP contribution in [0, 0.1) is 0 Å². The van der Waals surface area contributed by atoms with Gasteiger partial charge in [-0.3, -0.25) is 33.8 Å². The minimum Gasteiger partial charge on any atom is -0.483 e. The summed E-state index contributed by atoms with van der Waals surface area (Å²) in [5, 5.41) is 2.62. The number of imide groups is 2. The quantitative estimate of drug-likeness (QED) is 0.306. The van der Waals surface area contributed by atoms with Gasteiger partial charge in [0.25, 0.3) is 23.6 Å². The Hall–Kier alpha value is -2.92. The van der Waals surface area contributed by atoms with Crippen LogP contribution in [0.3, 0.4) is 0 Å². The highest BCUT2D eigenvalue weighted by Crippen LogP contribution is 2.34. The summed E-state index contributed by atoms with van der Waals surface area (Å²) in [4.78, 5) is 63.9. The molecule has 0 radical (unpaired) electrons. The Morgan fingerprint density at radius 3 is 2.71 bits per heavy atom. The molecule has 1 aromatic rings. The number of likely N-dealkylation sites (tertiary alicyclic amines) is 1. The molecule has 1 saturated heterocycles. The first-order valence-electron chi connectivity index (χ1n) is 9.76. The van der Waals surface area contributed by atoms with Gasteiger partial charge < -0.3 is 14.8 Å². The zero-order valence-corrected chi connectivity index (χ0v) is 17.9. The van der Waals surface area contributed by atoms with Gasteiger partial charge in [0.1, 0.15) is 11.8 Å². The zero-order chi connectivity index (χ0) is 22.5. The van der Waals surface area contributed by atoms with Crippen LogP contribution in [0.15, 0.2) is 18.2 Å². The van der Waals surface area contributed by atoms with E-state index in [2.05, 4.69) is 17.9 Å². The molecule has 11 heteroatoms. The van der Waals surface area contributed by atoms with Crippen molar-refractivity contribution >= 4 is 42.2 Å². The number of piperidine rings is 1. The molecule has 1 unspecified atom stereocenters. The van der Waals surface area contributed by atoms with Crippen LogP contribution in [-0.2, 0) is 19.1 Å². The summed E-state index contributed by atoms with van der Waals surface area (Å²) in [5.74, 6) is -2.03. The van der Waals surface area contributed by atoms with Crippen molar-refractivity contribution in [1.29, 1.82) is 0 Å². The third-order valence-corrected chi connectivity index (χ3v) is 5.19. The molecule has 5 amide bonds. The number of nitrogens with zero attached hydrogens (tertiary/aromatic N) is 2. The lowest BCUT2D eigenvalue weighted by atomic mass is 10.0. The van der Waals surface area contributed by atoms with Gasteiger partial charge in [-0.2, -0.15) is 12.6 Å². The molecule has 2 heterocycles. The molecule has 0 saturated carbocycles. The third kappa shape index (κ3) is 4.72. The lowest BCUT2D eigenvalue weighted by Gasteiger charge is -2.32. The molecule has 3 rings (SSSR count). The van der Waals surface area contributed by atoms with Gasteiger partial charge in [-0.1, -0.05) is 6.07 Å². The van der Waals surface area contributed by atoms with Crippen molar-refractivity contribution in [3.05, 3.63) is 29.3 Å². The molecule has 0 spiro atoms. The van der Waals surface area contributed by atoms with Gasteiger partial charge in [0.2, 0.25) is 5.91 Å². The number of thiol groups is 1. The van der Waals surface area contributed by atoms with E-state index in [0.717, 1.165) is 9.80 Å². The van der Waals surface area contributed by atoms with E-state index in [1.807, 2.05) is 0 Å². The summed E-state index contributed by atoms with van der Waals surface area (Å²) in [6, 6.07) is 3.42. The summed E-state index contributed by atoms with van der Waals surface area (Å²) in [7, 11) is 1.33. The number of ether oxygens (including phenoxy) is 2. The van der Waals surface area contributed by atoms with E-state index in [-0.39, 0.29) is 42.2 Å². The molecule has 2 aliphatic heterocycles. The minimum absolute atomic E-state index is 0.00441. The summed E-state index contributed by atoms with van der Waals surface area (Å²) in [5.41, 5.74) is 0.0974. The monoisotopic (exact) mass is 449 g/mol. The maximum Gasteiger partial charge on any atom is 0.266 e.